The van der Waals surface area contributed by atoms with E-state index in [2.05, 4.69) is 17.4 Å². The van der Waals surface area contributed by atoms with Crippen LogP contribution in [0.25, 0.3) is 0 Å². The molecule has 2 aromatic carbocycles. The van der Waals surface area contributed by atoms with E-state index in [0.29, 0.717) is 5.56 Å². The number of halogens is 3. The molecule has 2 aromatic rings. The molecule has 2 rings (SSSR count). The molecule has 1 N–H and O–H groups in total. The van der Waals surface area contributed by atoms with Crippen molar-refractivity contribution in [1.82, 2.24) is 5.32 Å². The summed E-state index contributed by atoms with van der Waals surface area (Å²) in [4.78, 5) is 0. The topological polar surface area (TPSA) is 12.0 Å². The van der Waals surface area contributed by atoms with Gasteiger partial charge in [0.1, 0.15) is 0 Å². The molecule has 0 aliphatic carbocycles. The van der Waals surface area contributed by atoms with Crippen LogP contribution >= 0.6 is 11.6 Å². The Kier molecular flexibility index (Phi) is 4.64. The Hall–Kier alpha value is -1.45. The number of aryl methyl sites for hydroxylation is 3. The highest BCUT2D eigenvalue weighted by Gasteiger charge is 2.21. The van der Waals surface area contributed by atoms with Crippen molar-refractivity contribution >= 4 is 11.6 Å². The smallest absolute Gasteiger partial charge is 0.160 e. The zero-order valence-electron chi connectivity index (χ0n) is 12.5. The van der Waals surface area contributed by atoms with Gasteiger partial charge in [-0.2, -0.15) is 0 Å². The lowest BCUT2D eigenvalue weighted by atomic mass is 9.90. The van der Waals surface area contributed by atoms with Gasteiger partial charge in [-0.1, -0.05) is 29.3 Å². The summed E-state index contributed by atoms with van der Waals surface area (Å²) in [6.45, 7) is 6.05. The fraction of sp³-hybridized carbons (Fsp3) is 0.294. The molecular formula is C17H18ClF2N. The van der Waals surface area contributed by atoms with Gasteiger partial charge in [0, 0.05) is 5.02 Å². The number of nitrogens with one attached hydrogen (secondary N) is 1. The van der Waals surface area contributed by atoms with Crippen molar-refractivity contribution in [1.29, 1.82) is 0 Å². The number of rotatable bonds is 3. The van der Waals surface area contributed by atoms with Crippen molar-refractivity contribution in [2.75, 3.05) is 7.05 Å². The van der Waals surface area contributed by atoms with Crippen molar-refractivity contribution in [3.05, 3.63) is 68.7 Å². The lowest BCUT2D eigenvalue weighted by Crippen LogP contribution is -2.20. The Morgan fingerprint density at radius 3 is 2.00 bits per heavy atom. The lowest BCUT2D eigenvalue weighted by Gasteiger charge is -2.23. The van der Waals surface area contributed by atoms with Crippen LogP contribution in [0.2, 0.25) is 5.02 Å². The van der Waals surface area contributed by atoms with Gasteiger partial charge < -0.3 is 5.32 Å². The largest absolute Gasteiger partial charge is 0.309 e. The second-order valence-corrected chi connectivity index (χ2v) is 5.73. The molecule has 0 saturated heterocycles. The maximum absolute atomic E-state index is 13.6. The number of benzene rings is 2. The standard InChI is InChI=1S/C17H18ClF2N/c1-9-5-10(2)16(11(3)6-9)17(21-4)12-7-14(19)15(20)8-13(12)18/h5-8,17,21H,1-4H3. The van der Waals surface area contributed by atoms with Gasteiger partial charge in [0.05, 0.1) is 6.04 Å². The molecule has 0 aliphatic rings. The average Bonchev–Trinajstić information content (AvgIpc) is 2.38. The van der Waals surface area contributed by atoms with Crippen LogP contribution in [-0.4, -0.2) is 7.05 Å². The molecule has 0 aliphatic heterocycles. The van der Waals surface area contributed by atoms with Crippen LogP contribution in [0, 0.1) is 32.4 Å². The zero-order chi connectivity index (χ0) is 15.7. The van der Waals surface area contributed by atoms with Crippen molar-refractivity contribution in [2.45, 2.75) is 26.8 Å². The molecule has 0 bridgehead atoms. The second kappa shape index (κ2) is 6.12. The first-order valence-corrected chi connectivity index (χ1v) is 7.12. The first-order chi connectivity index (χ1) is 9.85. The van der Waals surface area contributed by atoms with Gasteiger partial charge >= 0.3 is 0 Å². The Labute approximate surface area is 128 Å². The molecular weight excluding hydrogens is 292 g/mol. The van der Waals surface area contributed by atoms with Crippen LogP contribution in [0.5, 0.6) is 0 Å². The zero-order valence-corrected chi connectivity index (χ0v) is 13.3. The summed E-state index contributed by atoms with van der Waals surface area (Å²) in [7, 11) is 1.78. The highest BCUT2D eigenvalue weighted by Crippen LogP contribution is 2.33. The Morgan fingerprint density at radius 1 is 0.952 bits per heavy atom. The molecule has 0 heterocycles. The monoisotopic (exact) mass is 309 g/mol. The first kappa shape index (κ1) is 15.9. The molecule has 0 radical (unpaired) electrons. The minimum atomic E-state index is -0.934. The number of hydrogen-bond acceptors (Lipinski definition) is 1. The Bertz CT molecular complexity index is 660. The van der Waals surface area contributed by atoms with E-state index in [-0.39, 0.29) is 11.1 Å². The maximum atomic E-state index is 13.6. The van der Waals surface area contributed by atoms with E-state index in [4.69, 9.17) is 11.6 Å². The minimum Gasteiger partial charge on any atom is -0.309 e. The van der Waals surface area contributed by atoms with Crippen molar-refractivity contribution in [2.24, 2.45) is 0 Å². The molecule has 0 amide bonds. The van der Waals surface area contributed by atoms with Crippen LogP contribution in [-0.2, 0) is 0 Å². The number of hydrogen-bond donors (Lipinski definition) is 1. The molecule has 4 heteroatoms. The molecule has 0 saturated carbocycles. The van der Waals surface area contributed by atoms with Crippen LogP contribution in [0.1, 0.15) is 33.9 Å². The van der Waals surface area contributed by atoms with Gasteiger partial charge in [0.15, 0.2) is 11.6 Å². The third-order valence-electron chi connectivity index (χ3n) is 3.67. The quantitative estimate of drug-likeness (QED) is 0.799. The predicted octanol–water partition coefficient (Wildman–Crippen LogP) is 4.85. The van der Waals surface area contributed by atoms with Crippen molar-refractivity contribution < 1.29 is 8.78 Å². The van der Waals surface area contributed by atoms with Crippen molar-refractivity contribution in [3.63, 3.8) is 0 Å². The fourth-order valence-corrected chi connectivity index (χ4v) is 3.12. The molecule has 112 valence electrons. The summed E-state index contributed by atoms with van der Waals surface area (Å²) < 4.78 is 26.8. The first-order valence-electron chi connectivity index (χ1n) is 6.74. The van der Waals surface area contributed by atoms with E-state index in [1.54, 1.807) is 7.05 Å². The van der Waals surface area contributed by atoms with Gasteiger partial charge in [-0.05, 0) is 62.2 Å². The van der Waals surface area contributed by atoms with E-state index in [1.807, 2.05) is 20.8 Å². The van der Waals surface area contributed by atoms with Crippen LogP contribution in [0.3, 0.4) is 0 Å². The van der Waals surface area contributed by atoms with Gasteiger partial charge in [-0.25, -0.2) is 8.78 Å². The molecule has 21 heavy (non-hydrogen) atoms. The summed E-state index contributed by atoms with van der Waals surface area (Å²) >= 11 is 6.11. The lowest BCUT2D eigenvalue weighted by molar-refractivity contribution is 0.505. The highest BCUT2D eigenvalue weighted by molar-refractivity contribution is 6.31. The van der Waals surface area contributed by atoms with Gasteiger partial charge in [-0.15, -0.1) is 0 Å². The highest BCUT2D eigenvalue weighted by atomic mass is 35.5. The summed E-state index contributed by atoms with van der Waals surface area (Å²) in [6.07, 6.45) is 0. The van der Waals surface area contributed by atoms with Gasteiger partial charge in [0.25, 0.3) is 0 Å². The van der Waals surface area contributed by atoms with E-state index in [0.717, 1.165) is 28.8 Å². The third-order valence-corrected chi connectivity index (χ3v) is 3.99. The predicted molar refractivity (Wildman–Crippen MR) is 82.9 cm³/mol. The van der Waals surface area contributed by atoms with Crippen molar-refractivity contribution in [3.8, 4) is 0 Å². The minimum absolute atomic E-state index is 0.215. The summed E-state index contributed by atoms with van der Waals surface area (Å²) in [5.74, 6) is -1.83. The fourth-order valence-electron chi connectivity index (χ4n) is 2.86. The Morgan fingerprint density at radius 2 is 1.48 bits per heavy atom. The molecule has 1 unspecified atom stereocenters. The molecule has 1 atom stereocenters. The van der Waals surface area contributed by atoms with E-state index in [9.17, 15) is 8.78 Å². The Balaban J connectivity index is 2.63. The third kappa shape index (κ3) is 3.09. The van der Waals surface area contributed by atoms with Crippen LogP contribution < -0.4 is 5.32 Å². The normalized spacial score (nSPS) is 12.5. The average molecular weight is 310 g/mol. The molecule has 0 aromatic heterocycles. The molecule has 0 spiro atoms. The maximum Gasteiger partial charge on any atom is 0.160 e. The summed E-state index contributed by atoms with van der Waals surface area (Å²) in [5.41, 5.74) is 4.92. The van der Waals surface area contributed by atoms with Gasteiger partial charge in [-0.3, -0.25) is 0 Å². The van der Waals surface area contributed by atoms with E-state index >= 15 is 0 Å². The van der Waals surface area contributed by atoms with E-state index in [1.165, 1.54) is 5.56 Å². The summed E-state index contributed by atoms with van der Waals surface area (Å²) in [5, 5.41) is 3.37. The van der Waals surface area contributed by atoms with Gasteiger partial charge in [0.2, 0.25) is 0 Å². The van der Waals surface area contributed by atoms with Crippen LogP contribution in [0.4, 0.5) is 8.78 Å². The second-order valence-electron chi connectivity index (χ2n) is 5.32. The van der Waals surface area contributed by atoms with Crippen LogP contribution in [0.15, 0.2) is 24.3 Å². The SMILES string of the molecule is CNC(c1cc(F)c(F)cc1Cl)c1c(C)cc(C)cc1C. The van der Waals surface area contributed by atoms with E-state index < -0.39 is 11.6 Å². The molecule has 0 fully saturated rings. The molecule has 1 nitrogen and oxygen atoms in total. The summed E-state index contributed by atoms with van der Waals surface area (Å²) in [6, 6.07) is 6.04.